The Bertz CT molecular complexity index is 942. The number of methoxy groups -OCH3 is 2. The number of amides is 1. The van der Waals surface area contributed by atoms with E-state index in [2.05, 4.69) is 10.2 Å². The van der Waals surface area contributed by atoms with E-state index in [9.17, 15) is 13.6 Å². The highest BCUT2D eigenvalue weighted by Gasteiger charge is 2.45. The predicted octanol–water partition coefficient (Wildman–Crippen LogP) is 4.63. The fraction of sp³-hybridized carbons (Fsp3) is 0.435. The highest BCUT2D eigenvalue weighted by Crippen LogP contribution is 2.47. The van der Waals surface area contributed by atoms with Crippen LogP contribution >= 0.6 is 0 Å². The Labute approximate surface area is 175 Å². The summed E-state index contributed by atoms with van der Waals surface area (Å²) in [6.07, 6.45) is 2.40. The lowest BCUT2D eigenvalue weighted by Crippen LogP contribution is -2.29. The zero-order chi connectivity index (χ0) is 21.3. The number of carbonyl (C=O) groups is 1. The topological polar surface area (TPSA) is 50.8 Å². The quantitative estimate of drug-likeness (QED) is 0.715. The molecule has 0 aromatic heterocycles. The monoisotopic (exact) mass is 416 g/mol. The summed E-state index contributed by atoms with van der Waals surface area (Å²) in [6, 6.07) is 8.35. The van der Waals surface area contributed by atoms with Crippen LogP contribution in [0.3, 0.4) is 0 Å². The van der Waals surface area contributed by atoms with Gasteiger partial charge in [0.2, 0.25) is 5.91 Å². The molecule has 4 rings (SSSR count). The number of anilines is 2. The van der Waals surface area contributed by atoms with Gasteiger partial charge in [-0.15, -0.1) is 0 Å². The maximum atomic E-state index is 14.0. The van der Waals surface area contributed by atoms with Gasteiger partial charge in [0.15, 0.2) is 5.75 Å². The molecule has 1 N–H and O–H groups in total. The Hall–Kier alpha value is -2.83. The minimum absolute atomic E-state index is 0.160. The van der Waals surface area contributed by atoms with Crippen molar-refractivity contribution in [2.75, 3.05) is 31.0 Å². The summed E-state index contributed by atoms with van der Waals surface area (Å²) in [5, 5.41) is 2.81. The van der Waals surface area contributed by atoms with Gasteiger partial charge in [0.1, 0.15) is 22.9 Å². The van der Waals surface area contributed by atoms with E-state index in [1.165, 1.54) is 19.2 Å². The molecular weight excluding hydrogens is 390 g/mol. The van der Waals surface area contributed by atoms with Crippen LogP contribution in [-0.4, -0.2) is 32.3 Å². The molecule has 1 heterocycles. The molecular formula is C23H26F2N2O3. The van der Waals surface area contributed by atoms with Crippen molar-refractivity contribution in [1.82, 2.24) is 0 Å². The van der Waals surface area contributed by atoms with Crippen LogP contribution < -0.4 is 19.7 Å². The van der Waals surface area contributed by atoms with Crippen LogP contribution in [0.2, 0.25) is 0 Å². The summed E-state index contributed by atoms with van der Waals surface area (Å²) in [5.74, 6) is 0.368. The first kappa shape index (κ1) is 20.4. The maximum Gasteiger partial charge on any atom is 0.227 e. The van der Waals surface area contributed by atoms with E-state index in [-0.39, 0.29) is 18.1 Å². The van der Waals surface area contributed by atoms with Crippen LogP contribution in [0.15, 0.2) is 30.3 Å². The van der Waals surface area contributed by atoms with Crippen molar-refractivity contribution < 1.29 is 23.0 Å². The molecule has 1 aliphatic heterocycles. The van der Waals surface area contributed by atoms with Gasteiger partial charge in [-0.1, -0.05) is 12.1 Å². The van der Waals surface area contributed by atoms with Gasteiger partial charge in [0.25, 0.3) is 0 Å². The van der Waals surface area contributed by atoms with E-state index in [4.69, 9.17) is 9.47 Å². The Morgan fingerprint density at radius 2 is 1.93 bits per heavy atom. The molecule has 1 aliphatic carbocycles. The average molecular weight is 416 g/mol. The first-order valence-electron chi connectivity index (χ1n) is 10.2. The van der Waals surface area contributed by atoms with Crippen molar-refractivity contribution >= 4 is 17.3 Å². The smallest absolute Gasteiger partial charge is 0.227 e. The molecule has 1 amide bonds. The third-order valence-electron chi connectivity index (χ3n) is 5.77. The van der Waals surface area contributed by atoms with Gasteiger partial charge in [-0.2, -0.15) is 0 Å². The molecule has 0 atom stereocenters. The van der Waals surface area contributed by atoms with Crippen molar-refractivity contribution in [2.45, 2.75) is 44.3 Å². The number of nitrogens with zero attached hydrogens (tertiary/aromatic N) is 1. The summed E-state index contributed by atoms with van der Waals surface area (Å²) >= 11 is 0. The normalized spacial score (nSPS) is 16.6. The number of fused-ring (bicyclic) bond motifs is 1. The Kier molecular flexibility index (Phi) is 5.54. The summed E-state index contributed by atoms with van der Waals surface area (Å²) in [5.41, 5.74) is 2.00. The number of hydrogen-bond acceptors (Lipinski definition) is 4. The van der Waals surface area contributed by atoms with Gasteiger partial charge in [-0.05, 0) is 43.4 Å². The Morgan fingerprint density at radius 1 is 1.20 bits per heavy atom. The number of benzene rings is 2. The van der Waals surface area contributed by atoms with Crippen LogP contribution in [0.25, 0.3) is 0 Å². The summed E-state index contributed by atoms with van der Waals surface area (Å²) in [7, 11) is 3.09. The molecule has 160 valence electrons. The molecule has 0 unspecified atom stereocenters. The summed E-state index contributed by atoms with van der Waals surface area (Å²) in [6.45, 7) is 1.46. The molecule has 0 radical (unpaired) electrons. The number of hydrogen-bond donors (Lipinski definition) is 1. The second-order valence-electron chi connectivity index (χ2n) is 8.01. The van der Waals surface area contributed by atoms with E-state index in [1.807, 2.05) is 6.07 Å². The third-order valence-corrected chi connectivity index (χ3v) is 5.77. The molecule has 0 spiro atoms. The van der Waals surface area contributed by atoms with Gasteiger partial charge >= 0.3 is 0 Å². The Balaban J connectivity index is 1.65. The maximum absolute atomic E-state index is 14.0. The highest BCUT2D eigenvalue weighted by molar-refractivity contribution is 5.96. The molecule has 7 heteroatoms. The number of ether oxygens (including phenoxy) is 2. The standard InChI is InChI=1S/C23H26F2N2O3/c1-29-19-12-18-17(4-3-11-27(18)14-15-5-7-16(24)8-6-15)22(30-2)21(19)26-20(28)13-23(25)9-10-23/h5-8,12H,3-4,9-11,13-14H2,1-2H3,(H,26,28). The van der Waals surface area contributed by atoms with Crippen LogP contribution in [-0.2, 0) is 17.8 Å². The fourth-order valence-electron chi connectivity index (χ4n) is 4.02. The van der Waals surface area contributed by atoms with Gasteiger partial charge in [0, 0.05) is 30.4 Å². The molecule has 0 saturated heterocycles. The zero-order valence-corrected chi connectivity index (χ0v) is 17.3. The van der Waals surface area contributed by atoms with E-state index >= 15 is 0 Å². The van der Waals surface area contributed by atoms with E-state index in [1.54, 1.807) is 19.2 Å². The summed E-state index contributed by atoms with van der Waals surface area (Å²) < 4.78 is 38.5. The van der Waals surface area contributed by atoms with Crippen LogP contribution in [0.4, 0.5) is 20.2 Å². The number of nitrogens with one attached hydrogen (secondary N) is 1. The van der Waals surface area contributed by atoms with E-state index in [0.29, 0.717) is 36.6 Å². The van der Waals surface area contributed by atoms with Crippen LogP contribution in [0, 0.1) is 5.82 Å². The van der Waals surface area contributed by atoms with Crippen LogP contribution in [0.1, 0.15) is 36.8 Å². The van der Waals surface area contributed by atoms with Crippen LogP contribution in [0.5, 0.6) is 11.5 Å². The van der Waals surface area contributed by atoms with Crippen molar-refractivity contribution in [3.05, 3.63) is 47.3 Å². The summed E-state index contributed by atoms with van der Waals surface area (Å²) in [4.78, 5) is 14.6. The largest absolute Gasteiger partial charge is 0.494 e. The van der Waals surface area contributed by atoms with Crippen molar-refractivity contribution in [3.63, 3.8) is 0 Å². The van der Waals surface area contributed by atoms with Gasteiger partial charge < -0.3 is 19.7 Å². The molecule has 2 aliphatic rings. The molecule has 30 heavy (non-hydrogen) atoms. The fourth-order valence-corrected chi connectivity index (χ4v) is 4.02. The van der Waals surface area contributed by atoms with Crippen molar-refractivity contribution in [2.24, 2.45) is 0 Å². The van der Waals surface area contributed by atoms with E-state index < -0.39 is 5.67 Å². The second-order valence-corrected chi connectivity index (χ2v) is 8.01. The average Bonchev–Trinajstić information content (AvgIpc) is 3.45. The molecule has 2 aromatic carbocycles. The second kappa shape index (κ2) is 8.13. The molecule has 5 nitrogen and oxygen atoms in total. The number of rotatable bonds is 7. The zero-order valence-electron chi connectivity index (χ0n) is 17.3. The number of alkyl halides is 1. The number of carbonyl (C=O) groups excluding carboxylic acids is 1. The van der Waals surface area contributed by atoms with Gasteiger partial charge in [-0.3, -0.25) is 4.79 Å². The lowest BCUT2D eigenvalue weighted by molar-refractivity contribution is -0.117. The first-order valence-corrected chi connectivity index (χ1v) is 10.2. The molecule has 2 aromatic rings. The predicted molar refractivity (Wildman–Crippen MR) is 112 cm³/mol. The third kappa shape index (κ3) is 4.20. The van der Waals surface area contributed by atoms with E-state index in [0.717, 1.165) is 36.2 Å². The minimum atomic E-state index is -1.37. The SMILES string of the molecule is COc1cc2c(c(OC)c1NC(=O)CC1(F)CC1)CCCN2Cc1ccc(F)cc1. The lowest BCUT2D eigenvalue weighted by Gasteiger charge is -2.33. The minimum Gasteiger partial charge on any atom is -0.494 e. The first-order chi connectivity index (χ1) is 14.4. The lowest BCUT2D eigenvalue weighted by atomic mass is 9.98. The van der Waals surface area contributed by atoms with Crippen molar-refractivity contribution in [3.8, 4) is 11.5 Å². The molecule has 1 saturated carbocycles. The van der Waals surface area contributed by atoms with Gasteiger partial charge in [0.05, 0.1) is 20.6 Å². The molecule has 1 fully saturated rings. The van der Waals surface area contributed by atoms with Gasteiger partial charge in [-0.25, -0.2) is 8.78 Å². The highest BCUT2D eigenvalue weighted by atomic mass is 19.1. The number of halogens is 2. The Morgan fingerprint density at radius 3 is 2.57 bits per heavy atom. The molecule has 0 bridgehead atoms. The van der Waals surface area contributed by atoms with Crippen molar-refractivity contribution in [1.29, 1.82) is 0 Å².